The van der Waals surface area contributed by atoms with E-state index < -0.39 is 0 Å². The third-order valence-corrected chi connectivity index (χ3v) is 2.88. The summed E-state index contributed by atoms with van der Waals surface area (Å²) in [5.74, 6) is 5.49. The summed E-state index contributed by atoms with van der Waals surface area (Å²) in [5.41, 5.74) is 2.67. The van der Waals surface area contributed by atoms with Gasteiger partial charge in [-0.1, -0.05) is 13.8 Å². The first-order valence-corrected chi connectivity index (χ1v) is 5.35. The summed E-state index contributed by atoms with van der Waals surface area (Å²) in [6, 6.07) is 0.127. The van der Waals surface area contributed by atoms with Gasteiger partial charge < -0.3 is 5.32 Å². The van der Waals surface area contributed by atoms with Gasteiger partial charge in [-0.25, -0.2) is 0 Å². The van der Waals surface area contributed by atoms with Crippen molar-refractivity contribution < 1.29 is 4.79 Å². The molecule has 0 aliphatic rings. The summed E-state index contributed by atoms with van der Waals surface area (Å²) in [6.07, 6.45) is 0.887. The van der Waals surface area contributed by atoms with Gasteiger partial charge in [0.2, 0.25) is 5.91 Å². The monoisotopic (exact) mass is 215 g/mol. The van der Waals surface area contributed by atoms with Crippen LogP contribution in [0, 0.1) is 5.41 Å². The topological polar surface area (TPSA) is 67.2 Å². The van der Waals surface area contributed by atoms with Gasteiger partial charge in [-0.05, 0) is 32.6 Å². The fourth-order valence-corrected chi connectivity index (χ4v) is 1.84. The molecule has 0 radical (unpaired) electrons. The highest BCUT2D eigenvalue weighted by Crippen LogP contribution is 2.30. The fraction of sp³-hybridized carbons (Fsp3) is 0.909. The van der Waals surface area contributed by atoms with Crippen LogP contribution < -0.4 is 16.6 Å². The van der Waals surface area contributed by atoms with Crippen LogP contribution in [0.15, 0.2) is 0 Å². The van der Waals surface area contributed by atoms with Crippen LogP contribution in [-0.4, -0.2) is 17.5 Å². The van der Waals surface area contributed by atoms with Gasteiger partial charge >= 0.3 is 0 Å². The second-order valence-electron chi connectivity index (χ2n) is 5.62. The Kier molecular flexibility index (Phi) is 4.74. The predicted molar refractivity (Wildman–Crippen MR) is 63.1 cm³/mol. The first-order chi connectivity index (χ1) is 6.60. The van der Waals surface area contributed by atoms with E-state index in [2.05, 4.69) is 38.4 Å². The highest BCUT2D eigenvalue weighted by atomic mass is 16.1. The lowest BCUT2D eigenvalue weighted by Gasteiger charge is -2.38. The maximum Gasteiger partial charge on any atom is 0.217 e. The van der Waals surface area contributed by atoms with Crippen molar-refractivity contribution in [3.8, 4) is 0 Å². The number of amides is 1. The van der Waals surface area contributed by atoms with Crippen LogP contribution in [0.2, 0.25) is 0 Å². The quantitative estimate of drug-likeness (QED) is 0.476. The Morgan fingerprint density at radius 2 is 1.80 bits per heavy atom. The van der Waals surface area contributed by atoms with Gasteiger partial charge in [-0.3, -0.25) is 16.1 Å². The maximum atomic E-state index is 11.0. The molecule has 0 heterocycles. The number of nitrogens with two attached hydrogens (primary N) is 1. The molecule has 0 aromatic rings. The van der Waals surface area contributed by atoms with Crippen LogP contribution in [-0.2, 0) is 4.79 Å². The normalized spacial score (nSPS) is 14.9. The minimum Gasteiger partial charge on any atom is -0.353 e. The molecule has 90 valence electrons. The predicted octanol–water partition coefficient (Wildman–Crippen LogP) is 1.17. The van der Waals surface area contributed by atoms with Crippen LogP contribution in [0.1, 0.15) is 48.0 Å². The van der Waals surface area contributed by atoms with E-state index in [-0.39, 0.29) is 22.9 Å². The summed E-state index contributed by atoms with van der Waals surface area (Å²) in [4.78, 5) is 11.0. The number of nitrogens with one attached hydrogen (secondary N) is 2. The van der Waals surface area contributed by atoms with Gasteiger partial charge in [0.05, 0.1) is 0 Å². The summed E-state index contributed by atoms with van der Waals surface area (Å²) < 4.78 is 0. The number of hydrazine groups is 1. The van der Waals surface area contributed by atoms with Crippen LogP contribution in [0.3, 0.4) is 0 Å². The Bertz CT molecular complexity index is 224. The van der Waals surface area contributed by atoms with Gasteiger partial charge in [0.25, 0.3) is 0 Å². The van der Waals surface area contributed by atoms with Crippen LogP contribution in [0.5, 0.6) is 0 Å². The number of hydrogen-bond acceptors (Lipinski definition) is 3. The molecule has 4 N–H and O–H groups in total. The van der Waals surface area contributed by atoms with Crippen LogP contribution >= 0.6 is 0 Å². The molecule has 0 aliphatic heterocycles. The standard InChI is InChI=1S/C11H25N3O/c1-8(13-9(2)15)10(3,4)7-11(5,6)14-12/h8,14H,7,12H2,1-6H3,(H,13,15). The van der Waals surface area contributed by atoms with E-state index in [1.54, 1.807) is 6.92 Å². The van der Waals surface area contributed by atoms with Gasteiger partial charge in [0.15, 0.2) is 0 Å². The second kappa shape index (κ2) is 4.94. The van der Waals surface area contributed by atoms with E-state index in [1.807, 2.05) is 6.92 Å². The summed E-state index contributed by atoms with van der Waals surface area (Å²) in [7, 11) is 0. The SMILES string of the molecule is CC(=O)NC(C)C(C)(C)CC(C)(C)NN. The molecule has 1 atom stereocenters. The molecular formula is C11H25N3O. The van der Waals surface area contributed by atoms with Gasteiger partial charge in [-0.2, -0.15) is 0 Å². The number of carbonyl (C=O) groups is 1. The zero-order valence-corrected chi connectivity index (χ0v) is 10.8. The van der Waals surface area contributed by atoms with Crippen molar-refractivity contribution in [2.24, 2.45) is 11.3 Å². The van der Waals surface area contributed by atoms with E-state index >= 15 is 0 Å². The van der Waals surface area contributed by atoms with Gasteiger partial charge in [0, 0.05) is 18.5 Å². The first-order valence-electron chi connectivity index (χ1n) is 5.35. The molecule has 0 aromatic carbocycles. The van der Waals surface area contributed by atoms with E-state index in [1.165, 1.54) is 0 Å². The molecule has 0 saturated carbocycles. The third-order valence-electron chi connectivity index (χ3n) is 2.88. The zero-order valence-electron chi connectivity index (χ0n) is 10.8. The average Bonchev–Trinajstić information content (AvgIpc) is 2.01. The average molecular weight is 215 g/mol. The van der Waals surface area contributed by atoms with Crippen molar-refractivity contribution in [3.63, 3.8) is 0 Å². The molecule has 4 nitrogen and oxygen atoms in total. The van der Waals surface area contributed by atoms with Crippen LogP contribution in [0.25, 0.3) is 0 Å². The van der Waals surface area contributed by atoms with E-state index in [4.69, 9.17) is 5.84 Å². The molecule has 0 spiro atoms. The molecule has 4 heteroatoms. The van der Waals surface area contributed by atoms with Crippen molar-refractivity contribution in [1.29, 1.82) is 0 Å². The molecule has 15 heavy (non-hydrogen) atoms. The lowest BCUT2D eigenvalue weighted by Crippen LogP contribution is -2.51. The van der Waals surface area contributed by atoms with Crippen molar-refractivity contribution in [3.05, 3.63) is 0 Å². The molecule has 0 aromatic heterocycles. The molecule has 0 aliphatic carbocycles. The van der Waals surface area contributed by atoms with Crippen molar-refractivity contribution >= 4 is 5.91 Å². The molecule has 1 amide bonds. The van der Waals surface area contributed by atoms with Crippen molar-refractivity contribution in [2.75, 3.05) is 0 Å². The minimum absolute atomic E-state index is 0.00153. The molecule has 0 fully saturated rings. The fourth-order valence-electron chi connectivity index (χ4n) is 1.84. The smallest absolute Gasteiger partial charge is 0.217 e. The Morgan fingerprint density at radius 1 is 1.33 bits per heavy atom. The highest BCUT2D eigenvalue weighted by Gasteiger charge is 2.32. The Labute approximate surface area is 93.0 Å². The molecule has 0 rings (SSSR count). The lowest BCUT2D eigenvalue weighted by molar-refractivity contribution is -0.120. The Morgan fingerprint density at radius 3 is 2.13 bits per heavy atom. The summed E-state index contributed by atoms with van der Waals surface area (Å²) in [5, 5.41) is 2.92. The van der Waals surface area contributed by atoms with Gasteiger partial charge in [-0.15, -0.1) is 0 Å². The zero-order chi connectivity index (χ0) is 12.3. The maximum absolute atomic E-state index is 11.0. The molecule has 0 saturated heterocycles. The minimum atomic E-state index is -0.129. The second-order valence-corrected chi connectivity index (χ2v) is 5.62. The summed E-state index contributed by atoms with van der Waals surface area (Å²) in [6.45, 7) is 11.9. The molecular weight excluding hydrogens is 190 g/mol. The first kappa shape index (κ1) is 14.4. The van der Waals surface area contributed by atoms with E-state index in [0.29, 0.717) is 0 Å². The van der Waals surface area contributed by atoms with E-state index in [0.717, 1.165) is 6.42 Å². The third kappa shape index (κ3) is 5.14. The highest BCUT2D eigenvalue weighted by molar-refractivity contribution is 5.73. The number of rotatable bonds is 5. The Hall–Kier alpha value is -0.610. The number of hydrogen-bond donors (Lipinski definition) is 3. The largest absolute Gasteiger partial charge is 0.353 e. The van der Waals surface area contributed by atoms with Crippen molar-refractivity contribution in [1.82, 2.24) is 10.7 Å². The van der Waals surface area contributed by atoms with E-state index in [9.17, 15) is 4.79 Å². The Balaban J connectivity index is 4.46. The van der Waals surface area contributed by atoms with Crippen LogP contribution in [0.4, 0.5) is 0 Å². The van der Waals surface area contributed by atoms with Gasteiger partial charge in [0.1, 0.15) is 0 Å². The molecule has 1 unspecified atom stereocenters. The molecule has 0 bridgehead atoms. The van der Waals surface area contributed by atoms with Crippen molar-refractivity contribution in [2.45, 2.75) is 59.5 Å². The summed E-state index contributed by atoms with van der Waals surface area (Å²) >= 11 is 0. The number of carbonyl (C=O) groups excluding carboxylic acids is 1. The lowest BCUT2D eigenvalue weighted by atomic mass is 9.75.